The molecule has 0 aliphatic heterocycles. The number of hydrogen-bond acceptors (Lipinski definition) is 11. The predicted octanol–water partition coefficient (Wildman–Crippen LogP) is 6.91. The van der Waals surface area contributed by atoms with Crippen LogP contribution in [0.1, 0.15) is 55.5 Å². The standard InChI is InChI=1S/2C21H17N5O3/c1-2-26-18-11-14(5-8-17(18)19(25-26)21(28)29)13-3-6-16(7-4-13)24-20(27)15-9-10-22-23-12-15;1-2-29-21(28)19-17-8-5-14(11-18(17)25-26-19)13-3-6-16(7-4-13)24-20(27)15-9-10-22-23-12-15/h3-12H,2H2,1H3,(H,24,27)(H,28,29);3-12H,2H2,1H3,(H,24,27)(H,25,26). The number of fused-ring (bicyclic) bond motifs is 2. The van der Waals surface area contributed by atoms with Crippen molar-refractivity contribution in [2.24, 2.45) is 0 Å². The van der Waals surface area contributed by atoms with Crippen LogP contribution in [0.2, 0.25) is 0 Å². The number of esters is 1. The van der Waals surface area contributed by atoms with Gasteiger partial charge in [0.2, 0.25) is 0 Å². The molecule has 4 aromatic heterocycles. The van der Waals surface area contributed by atoms with Crippen LogP contribution in [0.15, 0.2) is 122 Å². The number of ether oxygens (including phenoxy) is 1. The molecule has 16 nitrogen and oxygen atoms in total. The molecule has 288 valence electrons. The number of carbonyl (C=O) groups is 4. The number of aromatic carboxylic acids is 1. The molecule has 0 aliphatic carbocycles. The quantitative estimate of drug-likeness (QED) is 0.104. The smallest absolute Gasteiger partial charge is 0.359 e. The first-order valence-electron chi connectivity index (χ1n) is 18.0. The molecular weight excluding hydrogens is 741 g/mol. The van der Waals surface area contributed by atoms with E-state index in [0.29, 0.717) is 46.4 Å². The molecule has 0 bridgehead atoms. The summed E-state index contributed by atoms with van der Waals surface area (Å²) >= 11 is 0. The Kier molecular flexibility index (Phi) is 11.3. The number of nitrogens with zero attached hydrogens (tertiary/aromatic N) is 7. The summed E-state index contributed by atoms with van der Waals surface area (Å²) in [5.74, 6) is -2.00. The van der Waals surface area contributed by atoms with Crippen molar-refractivity contribution in [3.8, 4) is 22.3 Å². The summed E-state index contributed by atoms with van der Waals surface area (Å²) in [7, 11) is 0. The first kappa shape index (κ1) is 38.1. The van der Waals surface area contributed by atoms with Crippen LogP contribution in [0.4, 0.5) is 11.4 Å². The number of rotatable bonds is 10. The minimum absolute atomic E-state index is 0.0528. The van der Waals surface area contributed by atoms with Gasteiger partial charge in [-0.25, -0.2) is 9.59 Å². The van der Waals surface area contributed by atoms with Crippen LogP contribution >= 0.6 is 0 Å². The first-order chi connectivity index (χ1) is 28.2. The highest BCUT2D eigenvalue weighted by Crippen LogP contribution is 2.29. The largest absolute Gasteiger partial charge is 0.476 e. The number of carboxylic acids is 1. The van der Waals surface area contributed by atoms with E-state index in [1.807, 2.05) is 85.8 Å². The van der Waals surface area contributed by atoms with Crippen LogP contribution < -0.4 is 10.6 Å². The number of benzene rings is 4. The zero-order valence-electron chi connectivity index (χ0n) is 31.1. The maximum atomic E-state index is 12.2. The molecule has 0 aliphatic rings. The molecule has 0 fully saturated rings. The summed E-state index contributed by atoms with van der Waals surface area (Å²) < 4.78 is 6.70. The zero-order valence-corrected chi connectivity index (χ0v) is 31.1. The van der Waals surface area contributed by atoms with Gasteiger partial charge in [-0.1, -0.05) is 36.4 Å². The van der Waals surface area contributed by atoms with Crippen LogP contribution in [-0.2, 0) is 11.3 Å². The molecule has 8 aromatic rings. The monoisotopic (exact) mass is 774 g/mol. The molecule has 4 aromatic carbocycles. The Morgan fingerprint density at radius 1 is 0.655 bits per heavy atom. The number of aromatic nitrogens is 8. The molecule has 0 saturated carbocycles. The summed E-state index contributed by atoms with van der Waals surface area (Å²) in [5.41, 5.74) is 7.81. The van der Waals surface area contributed by atoms with Gasteiger partial charge in [0, 0.05) is 28.7 Å². The van der Waals surface area contributed by atoms with E-state index in [-0.39, 0.29) is 23.2 Å². The van der Waals surface area contributed by atoms with Crippen LogP contribution in [0.5, 0.6) is 0 Å². The molecule has 4 heterocycles. The summed E-state index contributed by atoms with van der Waals surface area (Å²) in [6.45, 7) is 4.54. The molecule has 8 rings (SSSR count). The SMILES string of the molecule is CCOC(=O)c1n[nH]c2cc(-c3ccc(NC(=O)c4ccnnc4)cc3)ccc12.CCn1nc(C(=O)O)c2ccc(-c3ccc(NC(=O)c4ccnnc4)cc3)cc21. The highest BCUT2D eigenvalue weighted by Gasteiger charge is 2.18. The van der Waals surface area contributed by atoms with Crippen LogP contribution in [0.25, 0.3) is 44.1 Å². The lowest BCUT2D eigenvalue weighted by atomic mass is 10.0. The third-order valence-corrected chi connectivity index (χ3v) is 8.93. The number of carboxylic acid groups (broad SMARTS) is 1. The van der Waals surface area contributed by atoms with Crippen molar-refractivity contribution in [3.63, 3.8) is 0 Å². The van der Waals surface area contributed by atoms with Gasteiger partial charge in [-0.05, 0) is 96.8 Å². The Morgan fingerprint density at radius 3 is 1.69 bits per heavy atom. The van der Waals surface area contributed by atoms with E-state index in [2.05, 4.69) is 46.3 Å². The second-order valence-corrected chi connectivity index (χ2v) is 12.6. The lowest BCUT2D eigenvalue weighted by Gasteiger charge is -2.07. The molecular formula is C42H34N10O6. The summed E-state index contributed by atoms with van der Waals surface area (Å²) in [5, 5.41) is 42.1. The molecule has 2 amide bonds. The summed E-state index contributed by atoms with van der Waals surface area (Å²) in [4.78, 5) is 47.8. The average molecular weight is 775 g/mol. The van der Waals surface area contributed by atoms with E-state index >= 15 is 0 Å². The summed E-state index contributed by atoms with van der Waals surface area (Å²) in [6, 6.07) is 29.3. The number of amides is 2. The Hall–Kier alpha value is -8.14. The molecule has 0 saturated heterocycles. The normalized spacial score (nSPS) is 10.7. The van der Waals surface area contributed by atoms with Crippen LogP contribution in [0, 0.1) is 0 Å². The highest BCUT2D eigenvalue weighted by atomic mass is 16.5. The van der Waals surface area contributed by atoms with Crippen molar-refractivity contribution in [2.45, 2.75) is 20.4 Å². The molecule has 0 spiro atoms. The fourth-order valence-corrected chi connectivity index (χ4v) is 6.06. The minimum atomic E-state index is -1.04. The molecule has 16 heteroatoms. The van der Waals surface area contributed by atoms with E-state index in [4.69, 9.17) is 4.74 Å². The number of nitrogens with one attached hydrogen (secondary N) is 3. The van der Waals surface area contributed by atoms with Gasteiger partial charge < -0.3 is 20.5 Å². The van der Waals surface area contributed by atoms with Crippen molar-refractivity contribution < 1.29 is 29.0 Å². The Balaban J connectivity index is 0.000000177. The second-order valence-electron chi connectivity index (χ2n) is 12.6. The Morgan fingerprint density at radius 2 is 1.19 bits per heavy atom. The molecule has 4 N–H and O–H groups in total. The first-order valence-corrected chi connectivity index (χ1v) is 18.0. The van der Waals surface area contributed by atoms with Gasteiger partial charge in [0.1, 0.15) is 0 Å². The Bertz CT molecular complexity index is 2750. The fourth-order valence-electron chi connectivity index (χ4n) is 6.06. The Labute approximate surface area is 329 Å². The van der Waals surface area contributed by atoms with E-state index in [0.717, 1.165) is 33.3 Å². The van der Waals surface area contributed by atoms with Crippen molar-refractivity contribution in [1.29, 1.82) is 0 Å². The van der Waals surface area contributed by atoms with Gasteiger partial charge in [-0.15, -0.1) is 0 Å². The van der Waals surface area contributed by atoms with Crippen LogP contribution in [0.3, 0.4) is 0 Å². The van der Waals surface area contributed by atoms with Crippen molar-refractivity contribution in [2.75, 3.05) is 17.2 Å². The minimum Gasteiger partial charge on any atom is -0.476 e. The topological polar surface area (TPSA) is 220 Å². The van der Waals surface area contributed by atoms with E-state index < -0.39 is 11.9 Å². The molecule has 0 unspecified atom stereocenters. The van der Waals surface area contributed by atoms with Crippen molar-refractivity contribution >= 4 is 56.9 Å². The number of aryl methyl sites for hydroxylation is 1. The van der Waals surface area contributed by atoms with Crippen molar-refractivity contribution in [3.05, 3.63) is 144 Å². The third-order valence-electron chi connectivity index (χ3n) is 8.93. The van der Waals surface area contributed by atoms with E-state index in [9.17, 15) is 24.3 Å². The highest BCUT2D eigenvalue weighted by molar-refractivity contribution is 6.06. The maximum Gasteiger partial charge on any atom is 0.359 e. The second kappa shape index (κ2) is 17.1. The zero-order chi connectivity index (χ0) is 40.6. The third kappa shape index (κ3) is 8.40. The van der Waals surface area contributed by atoms with Gasteiger partial charge in [0.05, 0.1) is 53.6 Å². The number of aromatic amines is 1. The lowest BCUT2D eigenvalue weighted by molar-refractivity contribution is 0.0521. The number of H-pyrrole nitrogens is 1. The molecule has 58 heavy (non-hydrogen) atoms. The summed E-state index contributed by atoms with van der Waals surface area (Å²) in [6.07, 6.45) is 5.75. The molecule has 0 radical (unpaired) electrons. The number of carbonyl (C=O) groups excluding carboxylic acids is 3. The van der Waals surface area contributed by atoms with Gasteiger partial charge in [-0.2, -0.15) is 30.6 Å². The van der Waals surface area contributed by atoms with Gasteiger partial charge >= 0.3 is 11.9 Å². The van der Waals surface area contributed by atoms with Gasteiger partial charge in [0.15, 0.2) is 11.4 Å². The maximum absolute atomic E-state index is 12.2. The van der Waals surface area contributed by atoms with Crippen molar-refractivity contribution in [1.82, 2.24) is 40.4 Å². The number of anilines is 2. The fraction of sp³-hybridized carbons (Fsp3) is 0.0952. The lowest BCUT2D eigenvalue weighted by Crippen LogP contribution is -2.12. The van der Waals surface area contributed by atoms with E-state index in [1.165, 1.54) is 24.8 Å². The van der Waals surface area contributed by atoms with Crippen LogP contribution in [-0.4, -0.2) is 75.8 Å². The molecule has 0 atom stereocenters. The number of hydrogen-bond donors (Lipinski definition) is 4. The van der Waals surface area contributed by atoms with Gasteiger partial charge in [-0.3, -0.25) is 19.4 Å². The average Bonchev–Trinajstić information content (AvgIpc) is 3.86. The van der Waals surface area contributed by atoms with E-state index in [1.54, 1.807) is 29.8 Å². The van der Waals surface area contributed by atoms with Gasteiger partial charge in [0.25, 0.3) is 11.8 Å². The predicted molar refractivity (Wildman–Crippen MR) is 215 cm³/mol.